The molecule has 9 heteroatoms. The predicted molar refractivity (Wildman–Crippen MR) is 84.6 cm³/mol. The SMILES string of the molecule is Cc1nn(C)c(N2CCC(NC(=O)OC(C)(C)C)C2)c1[N+](=O)[O-]. The van der Waals surface area contributed by atoms with E-state index < -0.39 is 16.6 Å². The van der Waals surface area contributed by atoms with Gasteiger partial charge in [-0.15, -0.1) is 0 Å². The Morgan fingerprint density at radius 1 is 1.48 bits per heavy atom. The summed E-state index contributed by atoms with van der Waals surface area (Å²) in [6, 6.07) is -0.111. The Hall–Kier alpha value is -2.32. The van der Waals surface area contributed by atoms with E-state index in [1.54, 1.807) is 34.7 Å². The highest BCUT2D eigenvalue weighted by Crippen LogP contribution is 2.32. The van der Waals surface area contributed by atoms with Crippen LogP contribution in [0, 0.1) is 17.0 Å². The molecule has 0 radical (unpaired) electrons. The molecule has 1 fully saturated rings. The molecular formula is C14H23N5O4. The average molecular weight is 325 g/mol. The number of aromatic nitrogens is 2. The van der Waals surface area contributed by atoms with Crippen molar-refractivity contribution in [1.29, 1.82) is 0 Å². The molecule has 1 N–H and O–H groups in total. The second kappa shape index (κ2) is 6.05. The lowest BCUT2D eigenvalue weighted by Crippen LogP contribution is -2.40. The normalized spacial score (nSPS) is 18.1. The maximum Gasteiger partial charge on any atom is 0.407 e. The van der Waals surface area contributed by atoms with Gasteiger partial charge < -0.3 is 15.0 Å². The van der Waals surface area contributed by atoms with Gasteiger partial charge in [-0.1, -0.05) is 0 Å². The number of nitrogens with zero attached hydrogens (tertiary/aromatic N) is 4. The highest BCUT2D eigenvalue weighted by Gasteiger charge is 2.34. The molecule has 2 rings (SSSR count). The van der Waals surface area contributed by atoms with E-state index in [2.05, 4.69) is 10.4 Å². The van der Waals surface area contributed by atoms with Crippen molar-refractivity contribution < 1.29 is 14.5 Å². The van der Waals surface area contributed by atoms with Gasteiger partial charge in [0.05, 0.1) is 11.0 Å². The third-order valence-corrected chi connectivity index (χ3v) is 3.55. The van der Waals surface area contributed by atoms with Gasteiger partial charge in [-0.25, -0.2) is 9.48 Å². The lowest BCUT2D eigenvalue weighted by Gasteiger charge is -2.22. The first-order valence-corrected chi connectivity index (χ1v) is 7.51. The molecule has 0 aliphatic carbocycles. The lowest BCUT2D eigenvalue weighted by molar-refractivity contribution is -0.384. The summed E-state index contributed by atoms with van der Waals surface area (Å²) in [7, 11) is 1.68. The van der Waals surface area contributed by atoms with Gasteiger partial charge in [0, 0.05) is 20.1 Å². The van der Waals surface area contributed by atoms with Gasteiger partial charge in [0.15, 0.2) is 0 Å². The van der Waals surface area contributed by atoms with E-state index in [0.717, 1.165) is 0 Å². The number of nitro groups is 1. The van der Waals surface area contributed by atoms with E-state index in [1.807, 2.05) is 4.90 Å². The van der Waals surface area contributed by atoms with Crippen molar-refractivity contribution in [1.82, 2.24) is 15.1 Å². The average Bonchev–Trinajstić information content (AvgIpc) is 2.90. The summed E-state index contributed by atoms with van der Waals surface area (Å²) in [5.41, 5.74) is -0.151. The highest BCUT2D eigenvalue weighted by atomic mass is 16.6. The summed E-state index contributed by atoms with van der Waals surface area (Å²) >= 11 is 0. The van der Waals surface area contributed by atoms with E-state index in [4.69, 9.17) is 4.74 Å². The summed E-state index contributed by atoms with van der Waals surface area (Å²) in [5, 5.41) is 18.2. The van der Waals surface area contributed by atoms with Gasteiger partial charge in [0.25, 0.3) is 0 Å². The zero-order valence-corrected chi connectivity index (χ0v) is 14.1. The van der Waals surface area contributed by atoms with Gasteiger partial charge >= 0.3 is 11.8 Å². The summed E-state index contributed by atoms with van der Waals surface area (Å²) < 4.78 is 6.75. The molecule has 9 nitrogen and oxygen atoms in total. The Morgan fingerprint density at radius 3 is 2.70 bits per heavy atom. The van der Waals surface area contributed by atoms with E-state index in [9.17, 15) is 14.9 Å². The first-order valence-electron chi connectivity index (χ1n) is 7.51. The molecule has 128 valence electrons. The number of hydrogen-bond donors (Lipinski definition) is 1. The maximum atomic E-state index is 11.8. The minimum Gasteiger partial charge on any atom is -0.444 e. The van der Waals surface area contributed by atoms with Crippen LogP contribution in [0.15, 0.2) is 0 Å². The first-order chi connectivity index (χ1) is 10.6. The molecule has 1 amide bonds. The number of hydrogen-bond acceptors (Lipinski definition) is 6. The number of amides is 1. The van der Waals surface area contributed by atoms with Crippen LogP contribution in [-0.4, -0.2) is 45.5 Å². The predicted octanol–water partition coefficient (Wildman–Crippen LogP) is 1.74. The van der Waals surface area contributed by atoms with Crippen LogP contribution in [0.25, 0.3) is 0 Å². The number of rotatable bonds is 3. The van der Waals surface area contributed by atoms with Crippen molar-refractivity contribution in [3.05, 3.63) is 15.8 Å². The smallest absolute Gasteiger partial charge is 0.407 e. The topological polar surface area (TPSA) is 103 Å². The van der Waals surface area contributed by atoms with Crippen molar-refractivity contribution in [3.8, 4) is 0 Å². The number of nitrogens with one attached hydrogen (secondary N) is 1. The van der Waals surface area contributed by atoms with Crippen molar-refractivity contribution in [2.75, 3.05) is 18.0 Å². The third-order valence-electron chi connectivity index (χ3n) is 3.55. The minimum atomic E-state index is -0.555. The molecule has 0 bridgehead atoms. The molecule has 1 aliphatic rings. The number of carbonyl (C=O) groups excluding carboxylic acids is 1. The van der Waals surface area contributed by atoms with Crippen LogP contribution >= 0.6 is 0 Å². The van der Waals surface area contributed by atoms with Crippen LogP contribution < -0.4 is 10.2 Å². The number of carbonyl (C=O) groups is 1. The zero-order chi connectivity index (χ0) is 17.4. The van der Waals surface area contributed by atoms with Gasteiger partial charge in [-0.2, -0.15) is 5.10 Å². The molecule has 1 aliphatic heterocycles. The molecule has 1 aromatic heterocycles. The zero-order valence-electron chi connectivity index (χ0n) is 14.1. The van der Waals surface area contributed by atoms with Crippen LogP contribution in [0.5, 0.6) is 0 Å². The molecular weight excluding hydrogens is 302 g/mol. The van der Waals surface area contributed by atoms with Gasteiger partial charge in [0.1, 0.15) is 11.3 Å². The fourth-order valence-electron chi connectivity index (χ4n) is 2.75. The highest BCUT2D eigenvalue weighted by molar-refractivity contribution is 5.69. The van der Waals surface area contributed by atoms with Crippen molar-refractivity contribution >= 4 is 17.6 Å². The molecule has 1 aromatic rings. The molecule has 2 heterocycles. The van der Waals surface area contributed by atoms with E-state index in [1.165, 1.54) is 4.68 Å². The van der Waals surface area contributed by atoms with Crippen molar-refractivity contribution in [2.24, 2.45) is 7.05 Å². The summed E-state index contributed by atoms with van der Waals surface area (Å²) in [5.74, 6) is 0.473. The first kappa shape index (κ1) is 17.0. The molecule has 0 saturated carbocycles. The summed E-state index contributed by atoms with van der Waals surface area (Å²) in [6.07, 6.45) is 0.223. The van der Waals surface area contributed by atoms with Crippen LogP contribution in [0.2, 0.25) is 0 Å². The number of ether oxygens (including phenoxy) is 1. The van der Waals surface area contributed by atoms with Gasteiger partial charge in [-0.05, 0) is 34.1 Å². The largest absolute Gasteiger partial charge is 0.444 e. The Bertz CT molecular complexity index is 619. The van der Waals surface area contributed by atoms with Crippen LogP contribution in [0.3, 0.4) is 0 Å². The molecule has 0 aromatic carbocycles. The summed E-state index contributed by atoms with van der Waals surface area (Å²) in [6.45, 7) is 8.12. The number of anilines is 1. The van der Waals surface area contributed by atoms with Crippen molar-refractivity contribution in [3.63, 3.8) is 0 Å². The third kappa shape index (κ3) is 3.91. The molecule has 1 atom stereocenters. The van der Waals surface area contributed by atoms with E-state index in [-0.39, 0.29) is 11.7 Å². The maximum absolute atomic E-state index is 11.8. The van der Waals surface area contributed by atoms with Crippen LogP contribution in [0.4, 0.5) is 16.3 Å². The Labute approximate surface area is 134 Å². The van der Waals surface area contributed by atoms with Crippen molar-refractivity contribution in [2.45, 2.75) is 45.8 Å². The number of alkyl carbamates (subject to hydrolysis) is 1. The Balaban J connectivity index is 2.06. The molecule has 0 spiro atoms. The second-order valence-corrected chi connectivity index (χ2v) is 6.72. The Kier molecular flexibility index (Phi) is 4.49. The molecule has 1 unspecified atom stereocenters. The lowest BCUT2D eigenvalue weighted by atomic mass is 10.2. The van der Waals surface area contributed by atoms with Gasteiger partial charge in [0.2, 0.25) is 5.82 Å². The summed E-state index contributed by atoms with van der Waals surface area (Å²) in [4.78, 5) is 24.6. The molecule has 1 saturated heterocycles. The van der Waals surface area contributed by atoms with E-state index in [0.29, 0.717) is 31.0 Å². The van der Waals surface area contributed by atoms with E-state index >= 15 is 0 Å². The van der Waals surface area contributed by atoms with Crippen LogP contribution in [-0.2, 0) is 11.8 Å². The van der Waals surface area contributed by atoms with Gasteiger partial charge in [-0.3, -0.25) is 10.1 Å². The number of aryl methyl sites for hydroxylation is 2. The molecule has 23 heavy (non-hydrogen) atoms. The minimum absolute atomic E-state index is 0.0189. The fraction of sp³-hybridized carbons (Fsp3) is 0.714. The second-order valence-electron chi connectivity index (χ2n) is 6.72. The standard InChI is InChI=1S/C14H23N5O4/c1-9-11(19(21)22)12(17(5)16-9)18-7-6-10(8-18)15-13(20)23-14(2,3)4/h10H,6-8H2,1-5H3,(H,15,20). The quantitative estimate of drug-likeness (QED) is 0.671. The fourth-order valence-corrected chi connectivity index (χ4v) is 2.75. The Morgan fingerprint density at radius 2 is 2.13 bits per heavy atom. The monoisotopic (exact) mass is 325 g/mol. The van der Waals surface area contributed by atoms with Crippen LogP contribution in [0.1, 0.15) is 32.9 Å².